The number of carbonyl (C=O) groups is 2. The number of rotatable bonds is 3. The third-order valence-corrected chi connectivity index (χ3v) is 6.67. The molecule has 1 N–H and O–H groups in total. The topological polar surface area (TPSA) is 55.4 Å². The lowest BCUT2D eigenvalue weighted by Gasteiger charge is -2.14. The summed E-state index contributed by atoms with van der Waals surface area (Å²) in [6.07, 6.45) is 1.27. The third kappa shape index (κ3) is 2.35. The van der Waals surface area contributed by atoms with Crippen molar-refractivity contribution in [1.82, 2.24) is 5.32 Å². The molecular weight excluding hydrogens is 386 g/mol. The Kier molecular flexibility index (Phi) is 3.85. The van der Waals surface area contributed by atoms with Gasteiger partial charge in [-0.05, 0) is 57.2 Å². The molecule has 0 radical (unpaired) electrons. The summed E-state index contributed by atoms with van der Waals surface area (Å²) in [5, 5.41) is 2.77. The van der Waals surface area contributed by atoms with Crippen LogP contribution in [0.25, 0.3) is 0 Å². The van der Waals surface area contributed by atoms with Crippen LogP contribution in [0.3, 0.4) is 0 Å². The molecule has 1 fully saturated rings. The van der Waals surface area contributed by atoms with Crippen molar-refractivity contribution in [3.05, 3.63) is 18.7 Å². The summed E-state index contributed by atoms with van der Waals surface area (Å²) < 4.78 is 6.45. The van der Waals surface area contributed by atoms with Crippen LogP contribution >= 0.6 is 43.2 Å². The number of esters is 1. The normalized spacial score (nSPS) is 16.2. The zero-order valence-electron chi connectivity index (χ0n) is 9.80. The standard InChI is InChI=1S/C11H11Br2NO3S/c1-5-6(12)8(13)18-7(5)9(15)14-11(3-4-11)10(16)17-2/h3-4H2,1-2H3,(H,14,15). The van der Waals surface area contributed by atoms with Gasteiger partial charge < -0.3 is 10.1 Å². The van der Waals surface area contributed by atoms with E-state index < -0.39 is 5.54 Å². The van der Waals surface area contributed by atoms with E-state index in [1.807, 2.05) is 6.92 Å². The Morgan fingerprint density at radius 2 is 2.00 bits per heavy atom. The fourth-order valence-electron chi connectivity index (χ4n) is 1.65. The monoisotopic (exact) mass is 395 g/mol. The second-order valence-electron chi connectivity index (χ2n) is 4.17. The molecule has 0 unspecified atom stereocenters. The van der Waals surface area contributed by atoms with Crippen molar-refractivity contribution in [3.8, 4) is 0 Å². The summed E-state index contributed by atoms with van der Waals surface area (Å²) in [7, 11) is 1.33. The van der Waals surface area contributed by atoms with Gasteiger partial charge in [-0.25, -0.2) is 4.79 Å². The fourth-order valence-corrected chi connectivity index (χ4v) is 3.83. The summed E-state index contributed by atoms with van der Waals surface area (Å²) in [6.45, 7) is 1.86. The van der Waals surface area contributed by atoms with E-state index in [0.29, 0.717) is 17.7 Å². The number of halogens is 2. The van der Waals surface area contributed by atoms with Crippen molar-refractivity contribution < 1.29 is 14.3 Å². The van der Waals surface area contributed by atoms with Crippen LogP contribution in [0.5, 0.6) is 0 Å². The average Bonchev–Trinajstić information content (AvgIpc) is 3.08. The SMILES string of the molecule is COC(=O)C1(NC(=O)c2sc(Br)c(Br)c2C)CC1. The van der Waals surface area contributed by atoms with Crippen LogP contribution in [-0.2, 0) is 9.53 Å². The summed E-state index contributed by atoms with van der Waals surface area (Å²) in [5.74, 6) is -0.602. The molecule has 1 aliphatic carbocycles. The van der Waals surface area contributed by atoms with Gasteiger partial charge in [0.25, 0.3) is 5.91 Å². The first kappa shape index (κ1) is 14.0. The van der Waals surface area contributed by atoms with Crippen molar-refractivity contribution in [1.29, 1.82) is 0 Å². The highest BCUT2D eigenvalue weighted by Crippen LogP contribution is 2.40. The summed E-state index contributed by atoms with van der Waals surface area (Å²) in [6, 6.07) is 0. The van der Waals surface area contributed by atoms with E-state index in [4.69, 9.17) is 4.74 Å². The van der Waals surface area contributed by atoms with E-state index in [0.717, 1.165) is 13.8 Å². The number of hydrogen-bond donors (Lipinski definition) is 1. The number of amides is 1. The molecule has 0 atom stereocenters. The van der Waals surface area contributed by atoms with Crippen LogP contribution in [0.15, 0.2) is 8.26 Å². The minimum atomic E-state index is -0.804. The van der Waals surface area contributed by atoms with Gasteiger partial charge in [0.05, 0.1) is 15.8 Å². The maximum atomic E-state index is 12.2. The number of hydrogen-bond acceptors (Lipinski definition) is 4. The molecule has 1 amide bonds. The molecule has 1 aliphatic rings. The van der Waals surface area contributed by atoms with Gasteiger partial charge in [-0.2, -0.15) is 0 Å². The van der Waals surface area contributed by atoms with Gasteiger partial charge >= 0.3 is 5.97 Å². The van der Waals surface area contributed by atoms with Crippen molar-refractivity contribution >= 4 is 55.1 Å². The van der Waals surface area contributed by atoms with Crippen molar-refractivity contribution in [2.75, 3.05) is 7.11 Å². The maximum Gasteiger partial charge on any atom is 0.331 e. The van der Waals surface area contributed by atoms with E-state index in [9.17, 15) is 9.59 Å². The molecule has 7 heteroatoms. The quantitative estimate of drug-likeness (QED) is 0.799. The zero-order chi connectivity index (χ0) is 13.5. The largest absolute Gasteiger partial charge is 0.467 e. The number of thiophene rings is 1. The van der Waals surface area contributed by atoms with Crippen LogP contribution in [0.2, 0.25) is 0 Å². The highest BCUT2D eigenvalue weighted by Gasteiger charge is 2.52. The summed E-state index contributed by atoms with van der Waals surface area (Å²) in [5.41, 5.74) is 0.0614. The number of carbonyl (C=O) groups excluding carboxylic acids is 2. The maximum absolute atomic E-state index is 12.2. The highest BCUT2D eigenvalue weighted by molar-refractivity contribution is 9.13. The molecule has 0 spiro atoms. The Balaban J connectivity index is 2.18. The van der Waals surface area contributed by atoms with Gasteiger partial charge in [-0.1, -0.05) is 0 Å². The molecule has 98 valence electrons. The first-order valence-corrected chi connectivity index (χ1v) is 7.67. The van der Waals surface area contributed by atoms with Crippen LogP contribution < -0.4 is 5.32 Å². The molecule has 2 rings (SSSR count). The minimum absolute atomic E-state index is 0.230. The molecule has 1 aromatic heterocycles. The van der Waals surface area contributed by atoms with Crippen molar-refractivity contribution in [2.24, 2.45) is 0 Å². The van der Waals surface area contributed by atoms with Crippen LogP contribution in [0, 0.1) is 6.92 Å². The first-order chi connectivity index (χ1) is 8.41. The Morgan fingerprint density at radius 3 is 2.39 bits per heavy atom. The van der Waals surface area contributed by atoms with Crippen molar-refractivity contribution in [2.45, 2.75) is 25.3 Å². The van der Waals surface area contributed by atoms with E-state index in [1.165, 1.54) is 18.4 Å². The van der Waals surface area contributed by atoms with Gasteiger partial charge in [0.15, 0.2) is 0 Å². The van der Waals surface area contributed by atoms with E-state index in [2.05, 4.69) is 37.2 Å². The van der Waals surface area contributed by atoms with Gasteiger partial charge in [0.1, 0.15) is 5.54 Å². The summed E-state index contributed by atoms with van der Waals surface area (Å²) in [4.78, 5) is 24.3. The van der Waals surface area contributed by atoms with Crippen molar-refractivity contribution in [3.63, 3.8) is 0 Å². The first-order valence-electron chi connectivity index (χ1n) is 5.26. The molecule has 0 saturated heterocycles. The predicted octanol–water partition coefficient (Wildman–Crippen LogP) is 3.02. The fraction of sp³-hybridized carbons (Fsp3) is 0.455. The number of methoxy groups -OCH3 is 1. The lowest BCUT2D eigenvalue weighted by atomic mass is 10.2. The summed E-state index contributed by atoms with van der Waals surface area (Å²) >= 11 is 8.11. The minimum Gasteiger partial charge on any atom is -0.467 e. The zero-order valence-corrected chi connectivity index (χ0v) is 13.8. The molecule has 1 heterocycles. The molecule has 0 bridgehead atoms. The molecule has 1 saturated carbocycles. The van der Waals surface area contributed by atoms with E-state index >= 15 is 0 Å². The van der Waals surface area contributed by atoms with E-state index in [-0.39, 0.29) is 11.9 Å². The van der Waals surface area contributed by atoms with Crippen LogP contribution in [0.4, 0.5) is 0 Å². The number of nitrogens with one attached hydrogen (secondary N) is 1. The average molecular weight is 397 g/mol. The molecular formula is C11H11Br2NO3S. The second kappa shape index (κ2) is 4.94. The van der Waals surface area contributed by atoms with Gasteiger partial charge in [0, 0.05) is 4.47 Å². The molecule has 0 aliphatic heterocycles. The lowest BCUT2D eigenvalue weighted by Crippen LogP contribution is -2.43. The van der Waals surface area contributed by atoms with Gasteiger partial charge in [-0.15, -0.1) is 11.3 Å². The molecule has 1 aromatic rings. The molecule has 4 nitrogen and oxygen atoms in total. The predicted molar refractivity (Wildman–Crippen MR) is 75.9 cm³/mol. The number of ether oxygens (including phenoxy) is 1. The van der Waals surface area contributed by atoms with Gasteiger partial charge in [-0.3, -0.25) is 4.79 Å². The highest BCUT2D eigenvalue weighted by atomic mass is 79.9. The van der Waals surface area contributed by atoms with Gasteiger partial charge in [0.2, 0.25) is 0 Å². The Morgan fingerprint density at radius 1 is 1.39 bits per heavy atom. The van der Waals surface area contributed by atoms with Crippen LogP contribution in [0.1, 0.15) is 28.1 Å². The van der Waals surface area contributed by atoms with E-state index in [1.54, 1.807) is 0 Å². The lowest BCUT2D eigenvalue weighted by molar-refractivity contribution is -0.144. The molecule has 0 aromatic carbocycles. The third-order valence-electron chi connectivity index (χ3n) is 2.92. The Hall–Kier alpha value is -0.400. The Labute approximate surface area is 125 Å². The molecule has 18 heavy (non-hydrogen) atoms. The second-order valence-corrected chi connectivity index (χ2v) is 7.30. The van der Waals surface area contributed by atoms with Crippen LogP contribution in [-0.4, -0.2) is 24.5 Å². The smallest absolute Gasteiger partial charge is 0.331 e. The Bertz CT molecular complexity index is 523.